The van der Waals surface area contributed by atoms with Crippen LogP contribution in [-0.4, -0.2) is 14.3 Å². The van der Waals surface area contributed by atoms with Gasteiger partial charge in [0.25, 0.3) is 0 Å². The van der Waals surface area contributed by atoms with Gasteiger partial charge in [-0.3, -0.25) is 4.79 Å². The third kappa shape index (κ3) is 2.53. The van der Waals surface area contributed by atoms with Gasteiger partial charge in [0.2, 0.25) is 15.9 Å². The van der Waals surface area contributed by atoms with Gasteiger partial charge in [-0.15, -0.1) is 0 Å². The molecule has 0 spiro atoms. The number of carbonyl (C=O) groups is 1. The van der Waals surface area contributed by atoms with Crippen LogP contribution in [0.3, 0.4) is 0 Å². The van der Waals surface area contributed by atoms with Gasteiger partial charge in [-0.1, -0.05) is 15.9 Å². The molecule has 1 aromatic rings. The molecule has 0 bridgehead atoms. The van der Waals surface area contributed by atoms with E-state index in [0.717, 1.165) is 6.07 Å². The summed E-state index contributed by atoms with van der Waals surface area (Å²) in [6, 6.07) is 3.83. The monoisotopic (exact) mass is 278 g/mol. The number of nitrogens with two attached hydrogens (primary N) is 2. The Labute approximate surface area is 89.3 Å². The van der Waals surface area contributed by atoms with Crippen LogP contribution in [0.25, 0.3) is 0 Å². The van der Waals surface area contributed by atoms with Crippen molar-refractivity contribution in [2.24, 2.45) is 10.9 Å². The molecule has 0 heterocycles. The zero-order valence-electron chi connectivity index (χ0n) is 6.90. The van der Waals surface area contributed by atoms with E-state index in [9.17, 15) is 13.2 Å². The minimum Gasteiger partial charge on any atom is -0.366 e. The summed E-state index contributed by atoms with van der Waals surface area (Å²) in [5.41, 5.74) is 5.09. The van der Waals surface area contributed by atoms with Gasteiger partial charge in [0.05, 0.1) is 4.90 Å². The average Bonchev–Trinajstić information content (AvgIpc) is 2.01. The number of primary sulfonamides is 1. The maximum atomic E-state index is 11.0. The Kier molecular flexibility index (Phi) is 2.93. The number of primary amides is 1. The van der Waals surface area contributed by atoms with Gasteiger partial charge in [0, 0.05) is 10.0 Å². The minimum absolute atomic E-state index is 0.0865. The van der Waals surface area contributed by atoms with Gasteiger partial charge >= 0.3 is 0 Å². The number of rotatable bonds is 2. The van der Waals surface area contributed by atoms with Crippen LogP contribution < -0.4 is 10.9 Å². The van der Waals surface area contributed by atoms with E-state index in [1.807, 2.05) is 0 Å². The van der Waals surface area contributed by atoms with E-state index in [4.69, 9.17) is 10.9 Å². The molecule has 1 amide bonds. The Morgan fingerprint density at radius 3 is 2.29 bits per heavy atom. The average molecular weight is 279 g/mol. The van der Waals surface area contributed by atoms with Crippen molar-refractivity contribution in [1.29, 1.82) is 0 Å². The minimum atomic E-state index is -3.82. The Hall–Kier alpha value is -0.920. The molecule has 14 heavy (non-hydrogen) atoms. The first-order chi connectivity index (χ1) is 6.30. The highest BCUT2D eigenvalue weighted by molar-refractivity contribution is 9.10. The Bertz CT molecular complexity index is 484. The number of hydrogen-bond acceptors (Lipinski definition) is 3. The first kappa shape index (κ1) is 11.2. The number of hydrogen-bond donors (Lipinski definition) is 2. The van der Waals surface area contributed by atoms with Crippen LogP contribution in [0.2, 0.25) is 0 Å². The zero-order chi connectivity index (χ0) is 10.9. The zero-order valence-corrected chi connectivity index (χ0v) is 9.30. The second-order valence-corrected chi connectivity index (χ2v) is 5.06. The highest BCUT2D eigenvalue weighted by atomic mass is 79.9. The molecule has 0 saturated heterocycles. The van der Waals surface area contributed by atoms with Gasteiger partial charge in [0.15, 0.2) is 0 Å². The summed E-state index contributed by atoms with van der Waals surface area (Å²) in [5.74, 6) is -0.712. The summed E-state index contributed by atoms with van der Waals surface area (Å²) in [7, 11) is -3.82. The van der Waals surface area contributed by atoms with E-state index >= 15 is 0 Å². The molecule has 5 nitrogen and oxygen atoms in total. The van der Waals surface area contributed by atoms with Crippen LogP contribution in [0.4, 0.5) is 0 Å². The smallest absolute Gasteiger partial charge is 0.248 e. The molecule has 0 saturated carbocycles. The first-order valence-electron chi connectivity index (χ1n) is 3.44. The van der Waals surface area contributed by atoms with Gasteiger partial charge in [-0.2, -0.15) is 0 Å². The van der Waals surface area contributed by atoms with Crippen molar-refractivity contribution >= 4 is 31.9 Å². The quantitative estimate of drug-likeness (QED) is 0.807. The van der Waals surface area contributed by atoms with Crippen molar-refractivity contribution in [2.75, 3.05) is 0 Å². The largest absolute Gasteiger partial charge is 0.366 e. The summed E-state index contributed by atoms with van der Waals surface area (Å²) in [6.07, 6.45) is 0. The predicted molar refractivity (Wildman–Crippen MR) is 54.0 cm³/mol. The van der Waals surface area contributed by atoms with Gasteiger partial charge < -0.3 is 5.73 Å². The maximum Gasteiger partial charge on any atom is 0.248 e. The molecule has 0 aromatic heterocycles. The van der Waals surface area contributed by atoms with E-state index < -0.39 is 15.9 Å². The fourth-order valence-electron chi connectivity index (χ4n) is 0.869. The van der Waals surface area contributed by atoms with E-state index in [-0.39, 0.29) is 10.5 Å². The maximum absolute atomic E-state index is 11.0. The molecule has 0 aliphatic heterocycles. The Balaban J connectivity index is 3.43. The molecular formula is C7H7BrN2O3S. The van der Waals surface area contributed by atoms with Gasteiger partial charge in [-0.25, -0.2) is 13.6 Å². The fraction of sp³-hybridized carbons (Fsp3) is 0. The highest BCUT2D eigenvalue weighted by Crippen LogP contribution is 2.18. The van der Waals surface area contributed by atoms with Gasteiger partial charge in [-0.05, 0) is 18.2 Å². The Morgan fingerprint density at radius 2 is 1.86 bits per heavy atom. The van der Waals surface area contributed by atoms with E-state index in [1.54, 1.807) is 0 Å². The lowest BCUT2D eigenvalue weighted by atomic mass is 10.2. The lowest BCUT2D eigenvalue weighted by Gasteiger charge is -2.01. The van der Waals surface area contributed by atoms with Crippen molar-refractivity contribution in [3.05, 3.63) is 28.2 Å². The molecule has 0 unspecified atom stereocenters. The first-order valence-corrected chi connectivity index (χ1v) is 5.78. The molecule has 0 radical (unpaired) electrons. The van der Waals surface area contributed by atoms with Crippen LogP contribution in [0.1, 0.15) is 10.4 Å². The standard InChI is InChI=1S/C7H7BrN2O3S/c8-5-1-4(7(9)11)2-6(3-5)14(10,12)13/h1-3H,(H2,9,11)(H2,10,12,13). The van der Waals surface area contributed by atoms with Crippen LogP contribution in [0, 0.1) is 0 Å². The molecule has 0 aliphatic carbocycles. The molecule has 1 aromatic carbocycles. The molecule has 1 rings (SSSR count). The number of halogens is 1. The summed E-state index contributed by atoms with van der Waals surface area (Å²) in [5, 5.41) is 4.89. The molecule has 0 atom stereocenters. The van der Waals surface area contributed by atoms with Crippen LogP contribution in [0.5, 0.6) is 0 Å². The summed E-state index contributed by atoms with van der Waals surface area (Å²) in [6.45, 7) is 0. The summed E-state index contributed by atoms with van der Waals surface area (Å²) in [4.78, 5) is 10.6. The van der Waals surface area contributed by atoms with E-state index in [1.165, 1.54) is 12.1 Å². The third-order valence-corrected chi connectivity index (χ3v) is 2.83. The lowest BCUT2D eigenvalue weighted by molar-refractivity contribution is 0.1000. The third-order valence-electron chi connectivity index (χ3n) is 1.48. The van der Waals surface area contributed by atoms with Crippen molar-refractivity contribution in [1.82, 2.24) is 0 Å². The van der Waals surface area contributed by atoms with Crippen molar-refractivity contribution < 1.29 is 13.2 Å². The number of amides is 1. The molecular weight excluding hydrogens is 272 g/mol. The van der Waals surface area contributed by atoms with Crippen molar-refractivity contribution in [3.8, 4) is 0 Å². The molecule has 0 fully saturated rings. The SMILES string of the molecule is NC(=O)c1cc(Br)cc(S(N)(=O)=O)c1. The van der Waals surface area contributed by atoms with Crippen LogP contribution in [0.15, 0.2) is 27.6 Å². The lowest BCUT2D eigenvalue weighted by Crippen LogP contribution is -2.15. The van der Waals surface area contributed by atoms with Crippen molar-refractivity contribution in [3.63, 3.8) is 0 Å². The number of carbonyl (C=O) groups excluding carboxylic acids is 1. The second kappa shape index (κ2) is 3.68. The predicted octanol–water partition coefficient (Wildman–Crippen LogP) is 0.195. The van der Waals surface area contributed by atoms with Crippen LogP contribution >= 0.6 is 15.9 Å². The topological polar surface area (TPSA) is 103 Å². The molecule has 76 valence electrons. The molecule has 7 heteroatoms. The van der Waals surface area contributed by atoms with E-state index in [0.29, 0.717) is 4.47 Å². The summed E-state index contributed by atoms with van der Waals surface area (Å²) < 4.78 is 22.4. The van der Waals surface area contributed by atoms with Crippen LogP contribution in [-0.2, 0) is 10.0 Å². The fourth-order valence-corrected chi connectivity index (χ4v) is 2.10. The van der Waals surface area contributed by atoms with E-state index in [2.05, 4.69) is 15.9 Å². The summed E-state index contributed by atoms with van der Waals surface area (Å²) >= 11 is 3.05. The second-order valence-electron chi connectivity index (χ2n) is 2.58. The normalized spacial score (nSPS) is 11.3. The highest BCUT2D eigenvalue weighted by Gasteiger charge is 2.11. The number of sulfonamides is 1. The number of benzene rings is 1. The molecule has 4 N–H and O–H groups in total. The molecule has 0 aliphatic rings. The Morgan fingerprint density at radius 1 is 1.29 bits per heavy atom. The van der Waals surface area contributed by atoms with Crippen molar-refractivity contribution in [2.45, 2.75) is 4.90 Å². The van der Waals surface area contributed by atoms with Gasteiger partial charge in [0.1, 0.15) is 0 Å².